The van der Waals surface area contributed by atoms with E-state index in [1.54, 1.807) is 30.5 Å². The number of carbonyl (C=O) groups is 1. The second-order valence-electron chi connectivity index (χ2n) is 7.35. The Kier molecular flexibility index (Phi) is 5.80. The highest BCUT2D eigenvalue weighted by Crippen LogP contribution is 2.37. The summed E-state index contributed by atoms with van der Waals surface area (Å²) >= 11 is 0. The van der Waals surface area contributed by atoms with Crippen molar-refractivity contribution in [3.05, 3.63) is 60.2 Å². The molecular weight excluding hydrogens is 389 g/mol. The first-order valence-corrected chi connectivity index (χ1v) is 9.76. The highest BCUT2D eigenvalue weighted by molar-refractivity contribution is 5.92. The van der Waals surface area contributed by atoms with Gasteiger partial charge < -0.3 is 14.2 Å². The van der Waals surface area contributed by atoms with Crippen LogP contribution in [-0.4, -0.2) is 57.7 Å². The van der Waals surface area contributed by atoms with Crippen molar-refractivity contribution in [2.75, 3.05) is 26.8 Å². The Labute approximate surface area is 173 Å². The van der Waals surface area contributed by atoms with Crippen LogP contribution in [0.25, 0.3) is 11.5 Å². The SMILES string of the molecule is COCCC1(c2noc(-c3cccnc3)n2)CCCN(C(=O)c2ncccc2F)C1. The number of hydrogen-bond donors (Lipinski definition) is 0. The lowest BCUT2D eigenvalue weighted by atomic mass is 9.76. The fourth-order valence-electron chi connectivity index (χ4n) is 3.84. The smallest absolute Gasteiger partial charge is 0.275 e. The van der Waals surface area contributed by atoms with Gasteiger partial charge in [0.1, 0.15) is 0 Å². The first-order chi connectivity index (χ1) is 14.6. The number of methoxy groups -OCH3 is 1. The van der Waals surface area contributed by atoms with Crippen LogP contribution in [0.5, 0.6) is 0 Å². The number of nitrogens with zero attached hydrogens (tertiary/aromatic N) is 5. The number of ether oxygens (including phenoxy) is 1. The molecule has 4 rings (SSSR count). The van der Waals surface area contributed by atoms with Gasteiger partial charge in [0, 0.05) is 45.4 Å². The van der Waals surface area contributed by atoms with Gasteiger partial charge in [-0.25, -0.2) is 9.37 Å². The highest BCUT2D eigenvalue weighted by Gasteiger charge is 2.43. The van der Waals surface area contributed by atoms with Crippen molar-refractivity contribution in [3.8, 4) is 11.5 Å². The van der Waals surface area contributed by atoms with Gasteiger partial charge in [-0.05, 0) is 43.5 Å². The lowest BCUT2D eigenvalue weighted by Gasteiger charge is -2.40. The Balaban J connectivity index is 1.64. The lowest BCUT2D eigenvalue weighted by Crippen LogP contribution is -2.50. The van der Waals surface area contributed by atoms with Crippen molar-refractivity contribution in [2.24, 2.45) is 0 Å². The summed E-state index contributed by atoms with van der Waals surface area (Å²) in [6, 6.07) is 6.33. The maximum absolute atomic E-state index is 14.1. The number of aromatic nitrogens is 4. The van der Waals surface area contributed by atoms with E-state index in [-0.39, 0.29) is 5.69 Å². The maximum atomic E-state index is 14.1. The van der Waals surface area contributed by atoms with Crippen molar-refractivity contribution in [3.63, 3.8) is 0 Å². The predicted molar refractivity (Wildman–Crippen MR) is 105 cm³/mol. The van der Waals surface area contributed by atoms with Gasteiger partial charge in [0.15, 0.2) is 17.3 Å². The molecule has 4 heterocycles. The Morgan fingerprint density at radius 1 is 1.33 bits per heavy atom. The van der Waals surface area contributed by atoms with Crippen LogP contribution in [0.15, 0.2) is 47.4 Å². The Morgan fingerprint density at radius 3 is 2.97 bits per heavy atom. The van der Waals surface area contributed by atoms with Crippen LogP contribution in [0.4, 0.5) is 4.39 Å². The molecule has 1 fully saturated rings. The Morgan fingerprint density at radius 2 is 2.20 bits per heavy atom. The molecule has 0 aromatic carbocycles. The summed E-state index contributed by atoms with van der Waals surface area (Å²) in [4.78, 5) is 27.2. The van der Waals surface area contributed by atoms with Crippen molar-refractivity contribution in [2.45, 2.75) is 24.7 Å². The van der Waals surface area contributed by atoms with Crippen LogP contribution in [0.2, 0.25) is 0 Å². The molecule has 1 saturated heterocycles. The van der Waals surface area contributed by atoms with Crippen LogP contribution in [-0.2, 0) is 10.2 Å². The molecule has 3 aromatic rings. The quantitative estimate of drug-likeness (QED) is 0.616. The summed E-state index contributed by atoms with van der Waals surface area (Å²) in [5.74, 6) is -0.189. The standard InChI is InChI=1S/C21H22FN5O3/c1-29-12-8-21(20-25-18(30-26-20)15-5-2-9-23-13-15)7-4-11-27(14-21)19(28)17-16(22)6-3-10-24-17/h2-3,5-6,9-10,13H,4,7-8,11-12,14H2,1H3. The number of piperidine rings is 1. The number of likely N-dealkylation sites (tertiary alicyclic amines) is 1. The molecule has 156 valence electrons. The van der Waals surface area contributed by atoms with E-state index in [2.05, 4.69) is 20.1 Å². The lowest BCUT2D eigenvalue weighted by molar-refractivity contribution is 0.0557. The van der Waals surface area contributed by atoms with Crippen LogP contribution in [0.1, 0.15) is 35.6 Å². The average molecular weight is 411 g/mol. The molecular formula is C21H22FN5O3. The van der Waals surface area contributed by atoms with E-state index in [9.17, 15) is 9.18 Å². The molecule has 30 heavy (non-hydrogen) atoms. The van der Waals surface area contributed by atoms with Crippen molar-refractivity contribution in [1.82, 2.24) is 25.0 Å². The van der Waals surface area contributed by atoms with Gasteiger partial charge in [0.2, 0.25) is 0 Å². The Bertz CT molecular complexity index is 1010. The van der Waals surface area contributed by atoms with E-state index in [1.807, 2.05) is 6.07 Å². The van der Waals surface area contributed by atoms with Crippen LogP contribution in [0, 0.1) is 5.82 Å². The van der Waals surface area contributed by atoms with E-state index >= 15 is 0 Å². The normalized spacial score (nSPS) is 19.1. The second kappa shape index (κ2) is 8.66. The van der Waals surface area contributed by atoms with Gasteiger partial charge in [-0.15, -0.1) is 0 Å². The first-order valence-electron chi connectivity index (χ1n) is 9.76. The number of rotatable bonds is 6. The highest BCUT2D eigenvalue weighted by atomic mass is 19.1. The molecule has 1 aliphatic rings. The third-order valence-electron chi connectivity index (χ3n) is 5.42. The molecule has 1 unspecified atom stereocenters. The summed E-state index contributed by atoms with van der Waals surface area (Å²) < 4.78 is 24.9. The summed E-state index contributed by atoms with van der Waals surface area (Å²) in [5.41, 5.74) is -0.0132. The summed E-state index contributed by atoms with van der Waals surface area (Å²) in [6.45, 7) is 1.31. The number of amides is 1. The number of halogens is 1. The molecule has 1 atom stereocenters. The van der Waals surface area contributed by atoms with Crippen molar-refractivity contribution >= 4 is 5.91 Å². The molecule has 8 nitrogen and oxygen atoms in total. The van der Waals surface area contributed by atoms with E-state index < -0.39 is 17.1 Å². The fourth-order valence-corrected chi connectivity index (χ4v) is 3.84. The van der Waals surface area contributed by atoms with Gasteiger partial charge in [-0.1, -0.05) is 5.16 Å². The topological polar surface area (TPSA) is 94.2 Å². The van der Waals surface area contributed by atoms with Gasteiger partial charge in [-0.3, -0.25) is 9.78 Å². The van der Waals surface area contributed by atoms with Gasteiger partial charge in [0.25, 0.3) is 11.8 Å². The summed E-state index contributed by atoms with van der Waals surface area (Å²) in [5, 5.41) is 4.23. The molecule has 0 aliphatic carbocycles. The first kappa shape index (κ1) is 20.1. The minimum Gasteiger partial charge on any atom is -0.385 e. The third kappa shape index (κ3) is 3.93. The molecule has 1 amide bonds. The fraction of sp³-hybridized carbons (Fsp3) is 0.381. The van der Waals surface area contributed by atoms with Gasteiger partial charge in [-0.2, -0.15) is 4.98 Å². The van der Waals surface area contributed by atoms with E-state index in [0.29, 0.717) is 37.8 Å². The van der Waals surface area contributed by atoms with E-state index in [1.165, 1.54) is 18.3 Å². The monoisotopic (exact) mass is 411 g/mol. The molecule has 1 aliphatic heterocycles. The molecule has 0 spiro atoms. The van der Waals surface area contributed by atoms with E-state index in [4.69, 9.17) is 9.26 Å². The number of hydrogen-bond acceptors (Lipinski definition) is 7. The van der Waals surface area contributed by atoms with Crippen molar-refractivity contribution in [1.29, 1.82) is 0 Å². The minimum absolute atomic E-state index is 0.177. The zero-order valence-corrected chi connectivity index (χ0v) is 16.6. The number of pyridine rings is 2. The molecule has 0 N–H and O–H groups in total. The molecule has 3 aromatic heterocycles. The van der Waals surface area contributed by atoms with Crippen LogP contribution in [0.3, 0.4) is 0 Å². The third-order valence-corrected chi connectivity index (χ3v) is 5.42. The number of carbonyl (C=O) groups excluding carboxylic acids is 1. The maximum Gasteiger partial charge on any atom is 0.275 e. The average Bonchev–Trinajstić information content (AvgIpc) is 3.29. The molecule has 9 heteroatoms. The molecule has 0 radical (unpaired) electrons. The zero-order chi connectivity index (χ0) is 21.0. The second-order valence-corrected chi connectivity index (χ2v) is 7.35. The molecule has 0 saturated carbocycles. The zero-order valence-electron chi connectivity index (χ0n) is 16.6. The Hall–Kier alpha value is -3.20. The summed E-state index contributed by atoms with van der Waals surface area (Å²) in [6.07, 6.45) is 6.82. The van der Waals surface area contributed by atoms with Crippen LogP contribution >= 0.6 is 0 Å². The molecule has 0 bridgehead atoms. The largest absolute Gasteiger partial charge is 0.385 e. The predicted octanol–water partition coefficient (Wildman–Crippen LogP) is 2.88. The van der Waals surface area contributed by atoms with Crippen LogP contribution < -0.4 is 0 Å². The van der Waals surface area contributed by atoms with Crippen molar-refractivity contribution < 1.29 is 18.4 Å². The van der Waals surface area contributed by atoms with Gasteiger partial charge >= 0.3 is 0 Å². The summed E-state index contributed by atoms with van der Waals surface area (Å²) in [7, 11) is 1.63. The van der Waals surface area contributed by atoms with Gasteiger partial charge in [0.05, 0.1) is 11.0 Å². The van der Waals surface area contributed by atoms with E-state index in [0.717, 1.165) is 18.4 Å². The minimum atomic E-state index is -0.631.